The second-order valence-electron chi connectivity index (χ2n) is 4.96. The first kappa shape index (κ1) is 12.9. The fraction of sp³-hybridized carbons (Fsp3) is 0.538. The number of morpholine rings is 1. The van der Waals surface area contributed by atoms with Gasteiger partial charge in [0.15, 0.2) is 11.6 Å². The third-order valence-corrected chi connectivity index (χ3v) is 3.75. The van der Waals surface area contributed by atoms with E-state index in [9.17, 15) is 13.2 Å². The molecule has 0 aromatic heterocycles. The molecule has 0 aliphatic carbocycles. The molecule has 1 N–H and O–H groups in total. The summed E-state index contributed by atoms with van der Waals surface area (Å²) in [5, 5.41) is 3.26. The molecule has 2 heterocycles. The van der Waals surface area contributed by atoms with E-state index in [0.29, 0.717) is 19.2 Å². The van der Waals surface area contributed by atoms with Gasteiger partial charge in [-0.05, 0) is 6.07 Å². The van der Waals surface area contributed by atoms with Crippen LogP contribution < -0.4 is 5.32 Å². The van der Waals surface area contributed by atoms with E-state index in [1.165, 1.54) is 0 Å². The lowest BCUT2D eigenvalue weighted by Crippen LogP contribution is -2.57. The Balaban J connectivity index is 1.81. The number of benzene rings is 1. The highest BCUT2D eigenvalue weighted by Gasteiger charge is 2.32. The standard InChI is InChI=1S/C13H15F3N2O/c14-10-4-12(16)11(15)3-9(10)13-6-18-2-1-17-5-8(18)7-19-13/h3-4,8,13,17H,1-2,5-7H2/t8-,13-/m0/s1. The Hall–Kier alpha value is -1.11. The number of piperazine rings is 1. The van der Waals surface area contributed by atoms with Crippen molar-refractivity contribution in [3.8, 4) is 0 Å². The molecule has 19 heavy (non-hydrogen) atoms. The summed E-state index contributed by atoms with van der Waals surface area (Å²) in [4.78, 5) is 2.20. The Morgan fingerprint density at radius 2 is 1.95 bits per heavy atom. The third-order valence-electron chi connectivity index (χ3n) is 3.75. The molecule has 0 radical (unpaired) electrons. The maximum atomic E-state index is 13.7. The van der Waals surface area contributed by atoms with Crippen LogP contribution in [-0.4, -0.2) is 43.7 Å². The highest BCUT2D eigenvalue weighted by molar-refractivity contribution is 5.23. The van der Waals surface area contributed by atoms with E-state index in [2.05, 4.69) is 10.2 Å². The maximum absolute atomic E-state index is 13.7. The molecule has 2 atom stereocenters. The predicted molar refractivity (Wildman–Crippen MR) is 63.2 cm³/mol. The highest BCUT2D eigenvalue weighted by atomic mass is 19.2. The van der Waals surface area contributed by atoms with Crippen LogP contribution in [0.5, 0.6) is 0 Å². The topological polar surface area (TPSA) is 24.5 Å². The number of fused-ring (bicyclic) bond motifs is 1. The molecule has 1 aromatic carbocycles. The van der Waals surface area contributed by atoms with Crippen LogP contribution >= 0.6 is 0 Å². The number of hydrogen-bond acceptors (Lipinski definition) is 3. The molecule has 2 aliphatic rings. The molecule has 3 nitrogen and oxygen atoms in total. The van der Waals surface area contributed by atoms with E-state index >= 15 is 0 Å². The first-order valence-corrected chi connectivity index (χ1v) is 6.36. The highest BCUT2D eigenvalue weighted by Crippen LogP contribution is 2.28. The van der Waals surface area contributed by atoms with Crippen molar-refractivity contribution in [2.24, 2.45) is 0 Å². The van der Waals surface area contributed by atoms with Crippen molar-refractivity contribution in [3.63, 3.8) is 0 Å². The Morgan fingerprint density at radius 3 is 2.79 bits per heavy atom. The van der Waals surface area contributed by atoms with Gasteiger partial charge < -0.3 is 10.1 Å². The van der Waals surface area contributed by atoms with Gasteiger partial charge in [0.1, 0.15) is 5.82 Å². The van der Waals surface area contributed by atoms with Gasteiger partial charge in [-0.15, -0.1) is 0 Å². The molecule has 3 rings (SSSR count). The van der Waals surface area contributed by atoms with Crippen molar-refractivity contribution >= 4 is 0 Å². The van der Waals surface area contributed by atoms with Crippen molar-refractivity contribution in [3.05, 3.63) is 35.1 Å². The average Bonchev–Trinajstić information content (AvgIpc) is 2.42. The predicted octanol–water partition coefficient (Wildman–Crippen LogP) is 1.45. The fourth-order valence-corrected chi connectivity index (χ4v) is 2.67. The summed E-state index contributed by atoms with van der Waals surface area (Å²) in [5.41, 5.74) is 0.0934. The summed E-state index contributed by atoms with van der Waals surface area (Å²) >= 11 is 0. The number of nitrogens with zero attached hydrogens (tertiary/aromatic N) is 1. The fourth-order valence-electron chi connectivity index (χ4n) is 2.67. The van der Waals surface area contributed by atoms with Crippen LogP contribution in [0.4, 0.5) is 13.2 Å². The number of halogens is 3. The quantitative estimate of drug-likeness (QED) is 0.783. The van der Waals surface area contributed by atoms with Crippen LogP contribution in [0.2, 0.25) is 0 Å². The second kappa shape index (κ2) is 5.11. The van der Waals surface area contributed by atoms with Gasteiger partial charge in [-0.1, -0.05) is 0 Å². The van der Waals surface area contributed by atoms with E-state index in [-0.39, 0.29) is 11.6 Å². The van der Waals surface area contributed by atoms with Gasteiger partial charge in [0.2, 0.25) is 0 Å². The minimum atomic E-state index is -1.17. The molecule has 0 saturated carbocycles. The number of hydrogen-bond donors (Lipinski definition) is 1. The molecule has 0 amide bonds. The zero-order chi connectivity index (χ0) is 13.4. The summed E-state index contributed by atoms with van der Waals surface area (Å²) in [6.07, 6.45) is -0.538. The van der Waals surface area contributed by atoms with Gasteiger partial charge in [0.05, 0.1) is 12.7 Å². The first-order valence-electron chi connectivity index (χ1n) is 6.36. The second-order valence-corrected chi connectivity index (χ2v) is 4.96. The van der Waals surface area contributed by atoms with Gasteiger partial charge in [0, 0.05) is 43.9 Å². The minimum Gasteiger partial charge on any atom is -0.370 e. The lowest BCUT2D eigenvalue weighted by Gasteiger charge is -2.42. The third kappa shape index (κ3) is 2.48. The Morgan fingerprint density at radius 1 is 1.16 bits per heavy atom. The summed E-state index contributed by atoms with van der Waals surface area (Å²) in [5.74, 6) is -2.96. The zero-order valence-electron chi connectivity index (χ0n) is 10.3. The van der Waals surface area contributed by atoms with E-state index in [4.69, 9.17) is 4.74 Å². The summed E-state index contributed by atoms with van der Waals surface area (Å²) in [6, 6.07) is 1.76. The van der Waals surface area contributed by atoms with Gasteiger partial charge in [-0.2, -0.15) is 0 Å². The van der Waals surface area contributed by atoms with Crippen LogP contribution in [0, 0.1) is 17.5 Å². The van der Waals surface area contributed by atoms with Gasteiger partial charge in [0.25, 0.3) is 0 Å². The van der Waals surface area contributed by atoms with Crippen molar-refractivity contribution in [1.29, 1.82) is 0 Å². The van der Waals surface area contributed by atoms with Crippen LogP contribution in [0.3, 0.4) is 0 Å². The summed E-state index contributed by atoms with van der Waals surface area (Å²) < 4.78 is 45.5. The smallest absolute Gasteiger partial charge is 0.161 e. The SMILES string of the molecule is Fc1cc(F)c([C@@H]2CN3CCNC[C@H]3CO2)cc1F. The summed E-state index contributed by atoms with van der Waals surface area (Å²) in [7, 11) is 0. The molecular formula is C13H15F3N2O. The minimum absolute atomic E-state index is 0.0934. The van der Waals surface area contributed by atoms with Gasteiger partial charge >= 0.3 is 0 Å². The van der Waals surface area contributed by atoms with Crippen LogP contribution in [0.25, 0.3) is 0 Å². The van der Waals surface area contributed by atoms with E-state index < -0.39 is 23.6 Å². The number of rotatable bonds is 1. The number of ether oxygens (including phenoxy) is 1. The Kier molecular flexibility index (Phi) is 3.47. The zero-order valence-corrected chi connectivity index (χ0v) is 10.3. The molecule has 6 heteroatoms. The molecule has 2 saturated heterocycles. The number of nitrogens with one attached hydrogen (secondary N) is 1. The lowest BCUT2D eigenvalue weighted by molar-refractivity contribution is -0.0731. The maximum Gasteiger partial charge on any atom is 0.161 e. The molecular weight excluding hydrogens is 257 g/mol. The van der Waals surface area contributed by atoms with Crippen molar-refractivity contribution in [2.45, 2.75) is 12.1 Å². The van der Waals surface area contributed by atoms with Crippen LogP contribution in [0.15, 0.2) is 12.1 Å². The molecule has 104 valence electrons. The summed E-state index contributed by atoms with van der Waals surface area (Å²) in [6.45, 7) is 3.55. The van der Waals surface area contributed by atoms with Crippen molar-refractivity contribution in [1.82, 2.24) is 10.2 Å². The van der Waals surface area contributed by atoms with Crippen molar-refractivity contribution < 1.29 is 17.9 Å². The molecule has 1 aromatic rings. The molecule has 0 bridgehead atoms. The van der Waals surface area contributed by atoms with Crippen LogP contribution in [-0.2, 0) is 4.74 Å². The largest absolute Gasteiger partial charge is 0.370 e. The van der Waals surface area contributed by atoms with Crippen LogP contribution in [0.1, 0.15) is 11.7 Å². The molecule has 2 fully saturated rings. The molecule has 0 unspecified atom stereocenters. The van der Waals surface area contributed by atoms with E-state index in [0.717, 1.165) is 25.7 Å². The molecule has 0 spiro atoms. The first-order chi connectivity index (χ1) is 9.15. The average molecular weight is 272 g/mol. The monoisotopic (exact) mass is 272 g/mol. The lowest BCUT2D eigenvalue weighted by atomic mass is 10.0. The Bertz CT molecular complexity index is 483. The van der Waals surface area contributed by atoms with E-state index in [1.54, 1.807) is 0 Å². The van der Waals surface area contributed by atoms with Gasteiger partial charge in [-0.25, -0.2) is 13.2 Å². The van der Waals surface area contributed by atoms with Crippen molar-refractivity contribution in [2.75, 3.05) is 32.8 Å². The Labute approximate surface area is 109 Å². The van der Waals surface area contributed by atoms with Gasteiger partial charge in [-0.3, -0.25) is 4.90 Å². The molecule has 2 aliphatic heterocycles. The normalized spacial score (nSPS) is 28.2. The van der Waals surface area contributed by atoms with E-state index in [1.807, 2.05) is 0 Å².